The molecule has 0 aromatic carbocycles. The normalized spacial score (nSPS) is 22.9. The number of ether oxygens (including phenoxy) is 2. The maximum absolute atomic E-state index is 8.34. The van der Waals surface area contributed by atoms with Crippen molar-refractivity contribution in [3.63, 3.8) is 0 Å². The van der Waals surface area contributed by atoms with Crippen molar-refractivity contribution in [3.8, 4) is 11.8 Å². The molecule has 3 nitrogen and oxygen atoms in total. The van der Waals surface area contributed by atoms with Gasteiger partial charge in [0.15, 0.2) is 6.29 Å². The molecule has 0 spiro atoms. The van der Waals surface area contributed by atoms with E-state index in [9.17, 15) is 0 Å². The second-order valence-corrected chi connectivity index (χ2v) is 2.62. The van der Waals surface area contributed by atoms with Crippen molar-refractivity contribution in [1.82, 2.24) is 0 Å². The first kappa shape index (κ1) is 9.53. The van der Waals surface area contributed by atoms with Gasteiger partial charge < -0.3 is 14.6 Å². The highest BCUT2D eigenvalue weighted by Crippen LogP contribution is 2.12. The lowest BCUT2D eigenvalue weighted by Gasteiger charge is -2.21. The molecule has 0 saturated carbocycles. The highest BCUT2D eigenvalue weighted by Gasteiger charge is 2.12. The first-order chi connectivity index (χ1) is 5.93. The van der Waals surface area contributed by atoms with Crippen LogP contribution in [0.3, 0.4) is 0 Å². The molecule has 0 aromatic heterocycles. The summed E-state index contributed by atoms with van der Waals surface area (Å²) in [6.45, 7) is 1.04. The lowest BCUT2D eigenvalue weighted by Crippen LogP contribution is -2.22. The first-order valence-corrected chi connectivity index (χ1v) is 4.23. The van der Waals surface area contributed by atoms with Gasteiger partial charge in [-0.1, -0.05) is 11.8 Å². The first-order valence-electron chi connectivity index (χ1n) is 4.23. The Labute approximate surface area is 72.7 Å². The minimum atomic E-state index is -0.102. The molecular formula is C9H14O3. The molecule has 1 heterocycles. The molecule has 1 rings (SSSR count). The van der Waals surface area contributed by atoms with E-state index in [4.69, 9.17) is 14.6 Å². The van der Waals surface area contributed by atoms with Gasteiger partial charge in [-0.15, -0.1) is 0 Å². The molecule has 12 heavy (non-hydrogen) atoms. The molecule has 0 amide bonds. The summed E-state index contributed by atoms with van der Waals surface area (Å²) >= 11 is 0. The van der Waals surface area contributed by atoms with Crippen LogP contribution in [0, 0.1) is 11.8 Å². The third-order valence-electron chi connectivity index (χ3n) is 1.68. The molecule has 1 N–H and O–H groups in total. The summed E-state index contributed by atoms with van der Waals surface area (Å²) in [5.41, 5.74) is 0. The van der Waals surface area contributed by atoms with Crippen molar-refractivity contribution < 1.29 is 14.6 Å². The van der Waals surface area contributed by atoms with Crippen molar-refractivity contribution in [2.45, 2.75) is 25.6 Å². The highest BCUT2D eigenvalue weighted by atomic mass is 16.7. The van der Waals surface area contributed by atoms with Gasteiger partial charge >= 0.3 is 0 Å². The van der Waals surface area contributed by atoms with Crippen LogP contribution in [0.25, 0.3) is 0 Å². The van der Waals surface area contributed by atoms with E-state index < -0.39 is 0 Å². The smallest absolute Gasteiger partial charge is 0.158 e. The monoisotopic (exact) mass is 170 g/mol. The van der Waals surface area contributed by atoms with Crippen LogP contribution in [0.4, 0.5) is 0 Å². The molecule has 0 aliphatic carbocycles. The average Bonchev–Trinajstić information content (AvgIpc) is 2.14. The molecule has 0 aromatic rings. The molecular weight excluding hydrogens is 156 g/mol. The zero-order valence-electron chi connectivity index (χ0n) is 7.08. The lowest BCUT2D eigenvalue weighted by atomic mass is 10.2. The summed E-state index contributed by atoms with van der Waals surface area (Å²) in [6, 6.07) is 0. The van der Waals surface area contributed by atoms with E-state index in [1.165, 1.54) is 0 Å². The van der Waals surface area contributed by atoms with E-state index in [0.717, 1.165) is 25.9 Å². The van der Waals surface area contributed by atoms with E-state index >= 15 is 0 Å². The second kappa shape index (κ2) is 6.01. The predicted octanol–water partition coefficient (Wildman–Crippen LogP) is 0.525. The molecule has 68 valence electrons. The minimum Gasteiger partial charge on any atom is -0.384 e. The largest absolute Gasteiger partial charge is 0.384 e. The van der Waals surface area contributed by atoms with Crippen LogP contribution >= 0.6 is 0 Å². The Hall–Kier alpha value is -0.560. The van der Waals surface area contributed by atoms with E-state index in [1.807, 2.05) is 0 Å². The summed E-state index contributed by atoms with van der Waals surface area (Å²) in [5.74, 6) is 5.19. The lowest BCUT2D eigenvalue weighted by molar-refractivity contribution is -0.154. The van der Waals surface area contributed by atoms with E-state index in [-0.39, 0.29) is 12.9 Å². The zero-order valence-corrected chi connectivity index (χ0v) is 7.08. The molecule has 1 aliphatic rings. The molecule has 0 bridgehead atoms. The summed E-state index contributed by atoms with van der Waals surface area (Å²) < 4.78 is 10.6. The van der Waals surface area contributed by atoms with Crippen molar-refractivity contribution in [3.05, 3.63) is 0 Å². The van der Waals surface area contributed by atoms with Crippen LogP contribution in [-0.4, -0.2) is 31.2 Å². The molecule has 0 unspecified atom stereocenters. The second-order valence-electron chi connectivity index (χ2n) is 2.62. The number of aliphatic hydroxyl groups excluding tert-OH is 1. The van der Waals surface area contributed by atoms with Gasteiger partial charge in [0.2, 0.25) is 0 Å². The van der Waals surface area contributed by atoms with E-state index in [0.29, 0.717) is 6.61 Å². The third-order valence-corrected chi connectivity index (χ3v) is 1.68. The van der Waals surface area contributed by atoms with Crippen LogP contribution in [0.2, 0.25) is 0 Å². The average molecular weight is 170 g/mol. The standard InChI is InChI=1S/C9H14O3/c10-6-2-4-8-12-9-5-1-3-7-11-9/h9-10H,1,3,5-8H2/t9-/m0/s1. The maximum Gasteiger partial charge on any atom is 0.158 e. The van der Waals surface area contributed by atoms with Crippen LogP contribution in [-0.2, 0) is 9.47 Å². The van der Waals surface area contributed by atoms with E-state index in [2.05, 4.69) is 11.8 Å². The predicted molar refractivity (Wildman–Crippen MR) is 44.4 cm³/mol. The van der Waals surface area contributed by atoms with Gasteiger partial charge in [0.05, 0.1) is 0 Å². The van der Waals surface area contributed by atoms with Gasteiger partial charge in [0.25, 0.3) is 0 Å². The summed E-state index contributed by atoms with van der Waals surface area (Å²) in [6.07, 6.45) is 3.17. The fraction of sp³-hybridized carbons (Fsp3) is 0.778. The van der Waals surface area contributed by atoms with Crippen LogP contribution in [0.5, 0.6) is 0 Å². The molecule has 1 aliphatic heterocycles. The quantitative estimate of drug-likeness (QED) is 0.614. The number of hydrogen-bond acceptors (Lipinski definition) is 3. The Morgan fingerprint density at radius 2 is 2.33 bits per heavy atom. The third kappa shape index (κ3) is 3.72. The number of rotatable bonds is 2. The van der Waals surface area contributed by atoms with Gasteiger partial charge in [-0.2, -0.15) is 0 Å². The molecule has 0 radical (unpaired) electrons. The Morgan fingerprint density at radius 1 is 1.42 bits per heavy atom. The SMILES string of the molecule is OCC#CCO[C@H]1CCCCO1. The van der Waals surface area contributed by atoms with Crippen molar-refractivity contribution >= 4 is 0 Å². The van der Waals surface area contributed by atoms with Gasteiger partial charge in [0, 0.05) is 6.61 Å². The fourth-order valence-corrected chi connectivity index (χ4v) is 1.08. The minimum absolute atomic E-state index is 0.0771. The Kier molecular flexibility index (Phi) is 4.77. The van der Waals surface area contributed by atoms with Crippen molar-refractivity contribution in [2.75, 3.05) is 19.8 Å². The molecule has 1 saturated heterocycles. The van der Waals surface area contributed by atoms with Crippen LogP contribution in [0.15, 0.2) is 0 Å². The summed E-state index contributed by atoms with van der Waals surface area (Å²) in [4.78, 5) is 0. The Balaban J connectivity index is 2.05. The van der Waals surface area contributed by atoms with Gasteiger partial charge in [-0.05, 0) is 19.3 Å². The fourth-order valence-electron chi connectivity index (χ4n) is 1.08. The van der Waals surface area contributed by atoms with Gasteiger partial charge in [-0.3, -0.25) is 0 Å². The van der Waals surface area contributed by atoms with Gasteiger partial charge in [-0.25, -0.2) is 0 Å². The van der Waals surface area contributed by atoms with Crippen LogP contribution in [0.1, 0.15) is 19.3 Å². The topological polar surface area (TPSA) is 38.7 Å². The Morgan fingerprint density at radius 3 is 3.00 bits per heavy atom. The number of aliphatic hydroxyl groups is 1. The maximum atomic E-state index is 8.34. The van der Waals surface area contributed by atoms with Crippen molar-refractivity contribution in [2.24, 2.45) is 0 Å². The highest BCUT2D eigenvalue weighted by molar-refractivity contribution is 4.98. The molecule has 3 heteroatoms. The number of hydrogen-bond donors (Lipinski definition) is 1. The summed E-state index contributed by atoms with van der Waals surface area (Å²) in [5, 5.41) is 8.34. The molecule has 1 fully saturated rings. The zero-order chi connectivity index (χ0) is 8.65. The van der Waals surface area contributed by atoms with Crippen molar-refractivity contribution in [1.29, 1.82) is 0 Å². The van der Waals surface area contributed by atoms with Gasteiger partial charge in [0.1, 0.15) is 13.2 Å². The summed E-state index contributed by atoms with van der Waals surface area (Å²) in [7, 11) is 0. The van der Waals surface area contributed by atoms with Crippen LogP contribution < -0.4 is 0 Å². The molecule has 1 atom stereocenters. The Bertz CT molecular complexity index is 162. The van der Waals surface area contributed by atoms with E-state index in [1.54, 1.807) is 0 Å².